The van der Waals surface area contributed by atoms with Gasteiger partial charge in [0.2, 0.25) is 0 Å². The molecule has 1 atom stereocenters. The summed E-state index contributed by atoms with van der Waals surface area (Å²) in [5, 5.41) is 5.90. The predicted molar refractivity (Wildman–Crippen MR) is 102 cm³/mol. The summed E-state index contributed by atoms with van der Waals surface area (Å²) in [5.41, 5.74) is 2.58. The van der Waals surface area contributed by atoms with Gasteiger partial charge in [-0.15, -0.1) is 11.3 Å². The molecule has 1 heterocycles. The molecule has 2 nitrogen and oxygen atoms in total. The summed E-state index contributed by atoms with van der Waals surface area (Å²) in [5.74, 6) is 0.950. The van der Waals surface area contributed by atoms with E-state index in [1.165, 1.54) is 14.0 Å². The van der Waals surface area contributed by atoms with Crippen LogP contribution in [0.25, 0.3) is 0 Å². The molecule has 0 bridgehead atoms. The van der Waals surface area contributed by atoms with Crippen molar-refractivity contribution in [3.05, 3.63) is 48.1 Å². The molecule has 0 saturated carbocycles. The van der Waals surface area contributed by atoms with Crippen molar-refractivity contribution in [1.82, 2.24) is 5.32 Å². The van der Waals surface area contributed by atoms with Gasteiger partial charge in [-0.05, 0) is 82.7 Å². The number of ether oxygens (including phenoxy) is 1. The van der Waals surface area contributed by atoms with Gasteiger partial charge >= 0.3 is 0 Å². The molecule has 2 aromatic rings. The normalized spacial score (nSPS) is 12.4. The monoisotopic (exact) mass is 479 g/mol. The second-order valence-electron chi connectivity index (χ2n) is 4.85. The second kappa shape index (κ2) is 8.50. The van der Waals surface area contributed by atoms with Crippen LogP contribution in [0, 0.1) is 2.88 Å². The summed E-state index contributed by atoms with van der Waals surface area (Å²) >= 11 is 7.73. The van der Waals surface area contributed by atoms with Crippen molar-refractivity contribution in [3.63, 3.8) is 0 Å². The summed E-state index contributed by atoms with van der Waals surface area (Å²) in [4.78, 5) is 0. The van der Waals surface area contributed by atoms with Gasteiger partial charge in [-0.25, -0.2) is 0 Å². The van der Waals surface area contributed by atoms with Crippen LogP contribution >= 0.6 is 49.9 Å². The Balaban J connectivity index is 2.24. The van der Waals surface area contributed by atoms with Gasteiger partial charge in [-0.2, -0.15) is 0 Å². The number of benzene rings is 1. The first-order chi connectivity index (χ1) is 10.1. The molecule has 0 aliphatic heterocycles. The number of thiophene rings is 1. The maximum absolute atomic E-state index is 5.50. The molecule has 5 heteroatoms. The van der Waals surface area contributed by atoms with Crippen molar-refractivity contribution in [2.75, 3.05) is 13.7 Å². The highest BCUT2D eigenvalue weighted by atomic mass is 127. The lowest BCUT2D eigenvalue weighted by atomic mass is 10.0. The van der Waals surface area contributed by atoms with E-state index in [2.05, 4.69) is 68.3 Å². The molecule has 114 valence electrons. The predicted octanol–water partition coefficient (Wildman–Crippen LogP) is 5.41. The maximum Gasteiger partial charge on any atom is 0.122 e. The smallest absolute Gasteiger partial charge is 0.122 e. The van der Waals surface area contributed by atoms with Crippen LogP contribution in [0.1, 0.15) is 30.5 Å². The number of rotatable bonds is 7. The Bertz CT molecular complexity index is 587. The minimum Gasteiger partial charge on any atom is -0.496 e. The summed E-state index contributed by atoms with van der Waals surface area (Å²) in [6, 6.07) is 8.78. The number of hydrogen-bond donors (Lipinski definition) is 1. The van der Waals surface area contributed by atoms with E-state index in [0.29, 0.717) is 6.04 Å². The van der Waals surface area contributed by atoms with E-state index in [0.717, 1.165) is 29.6 Å². The van der Waals surface area contributed by atoms with Crippen molar-refractivity contribution in [1.29, 1.82) is 0 Å². The molecule has 1 N–H and O–H groups in total. The zero-order valence-electron chi connectivity index (χ0n) is 12.2. The molecule has 0 amide bonds. The fourth-order valence-electron chi connectivity index (χ4n) is 2.26. The minimum absolute atomic E-state index is 0.327. The highest BCUT2D eigenvalue weighted by Crippen LogP contribution is 2.30. The van der Waals surface area contributed by atoms with Crippen molar-refractivity contribution >= 4 is 49.9 Å². The van der Waals surface area contributed by atoms with Crippen LogP contribution < -0.4 is 10.1 Å². The van der Waals surface area contributed by atoms with Crippen molar-refractivity contribution in [2.45, 2.75) is 25.8 Å². The maximum atomic E-state index is 5.50. The Morgan fingerprint density at radius 2 is 2.19 bits per heavy atom. The SMILES string of the molecule is CCCNC(Cc1cc(Br)ccc1OC)c1csc(I)c1. The van der Waals surface area contributed by atoms with Crippen LogP contribution in [-0.4, -0.2) is 13.7 Å². The van der Waals surface area contributed by atoms with E-state index >= 15 is 0 Å². The van der Waals surface area contributed by atoms with Gasteiger partial charge in [0.05, 0.1) is 9.99 Å². The van der Waals surface area contributed by atoms with Gasteiger partial charge < -0.3 is 10.1 Å². The quantitative estimate of drug-likeness (QED) is 0.536. The van der Waals surface area contributed by atoms with Crippen molar-refractivity contribution in [2.24, 2.45) is 0 Å². The van der Waals surface area contributed by atoms with E-state index in [1.807, 2.05) is 12.1 Å². The van der Waals surface area contributed by atoms with Gasteiger partial charge in [-0.3, -0.25) is 0 Å². The first-order valence-electron chi connectivity index (χ1n) is 6.93. The van der Waals surface area contributed by atoms with E-state index in [-0.39, 0.29) is 0 Å². The third kappa shape index (κ3) is 4.94. The van der Waals surface area contributed by atoms with Gasteiger partial charge in [-0.1, -0.05) is 22.9 Å². The first kappa shape index (κ1) is 17.2. The summed E-state index contributed by atoms with van der Waals surface area (Å²) in [6.45, 7) is 3.22. The number of hydrogen-bond acceptors (Lipinski definition) is 3. The van der Waals surface area contributed by atoms with Gasteiger partial charge in [0, 0.05) is 10.5 Å². The standard InChI is InChI=1S/C16H19BrINOS/c1-3-6-19-14(12-9-16(18)21-10-12)8-11-7-13(17)4-5-15(11)20-2/h4-5,7,9-10,14,19H,3,6,8H2,1-2H3. The average molecular weight is 480 g/mol. The van der Waals surface area contributed by atoms with E-state index in [4.69, 9.17) is 4.74 Å². The lowest BCUT2D eigenvalue weighted by Crippen LogP contribution is -2.23. The van der Waals surface area contributed by atoms with Crippen LogP contribution in [0.3, 0.4) is 0 Å². The molecular formula is C16H19BrINOS. The van der Waals surface area contributed by atoms with Crippen LogP contribution in [-0.2, 0) is 6.42 Å². The highest BCUT2D eigenvalue weighted by molar-refractivity contribution is 14.1. The highest BCUT2D eigenvalue weighted by Gasteiger charge is 2.16. The Hall–Kier alpha value is -0.110. The second-order valence-corrected chi connectivity index (χ2v) is 8.57. The topological polar surface area (TPSA) is 21.3 Å². The van der Waals surface area contributed by atoms with Crippen LogP contribution in [0.5, 0.6) is 5.75 Å². The summed E-state index contributed by atoms with van der Waals surface area (Å²) in [7, 11) is 1.73. The van der Waals surface area contributed by atoms with Crippen LogP contribution in [0.2, 0.25) is 0 Å². The molecule has 21 heavy (non-hydrogen) atoms. The fraction of sp³-hybridized carbons (Fsp3) is 0.375. The molecule has 0 radical (unpaired) electrons. The van der Waals surface area contributed by atoms with Crippen LogP contribution in [0.15, 0.2) is 34.1 Å². The molecule has 1 unspecified atom stereocenters. The number of nitrogens with one attached hydrogen (secondary N) is 1. The van der Waals surface area contributed by atoms with Gasteiger partial charge in [0.1, 0.15) is 5.75 Å². The number of halogens is 2. The molecule has 1 aromatic heterocycles. The molecule has 0 aliphatic rings. The zero-order valence-corrected chi connectivity index (χ0v) is 16.7. The molecule has 1 aromatic carbocycles. The van der Waals surface area contributed by atoms with Crippen LogP contribution in [0.4, 0.5) is 0 Å². The van der Waals surface area contributed by atoms with Gasteiger partial charge in [0.25, 0.3) is 0 Å². The molecular weight excluding hydrogens is 461 g/mol. The Morgan fingerprint density at radius 1 is 1.38 bits per heavy atom. The van der Waals surface area contributed by atoms with E-state index in [9.17, 15) is 0 Å². The largest absolute Gasteiger partial charge is 0.496 e. The Kier molecular flexibility index (Phi) is 6.98. The summed E-state index contributed by atoms with van der Waals surface area (Å²) < 4.78 is 7.92. The number of methoxy groups -OCH3 is 1. The molecule has 2 rings (SSSR count). The lowest BCUT2D eigenvalue weighted by Gasteiger charge is -2.19. The van der Waals surface area contributed by atoms with Crippen molar-refractivity contribution < 1.29 is 4.74 Å². The van der Waals surface area contributed by atoms with E-state index in [1.54, 1.807) is 18.4 Å². The van der Waals surface area contributed by atoms with Crippen molar-refractivity contribution in [3.8, 4) is 5.75 Å². The molecule has 0 spiro atoms. The average Bonchev–Trinajstić information content (AvgIpc) is 2.90. The lowest BCUT2D eigenvalue weighted by molar-refractivity contribution is 0.405. The zero-order chi connectivity index (χ0) is 15.2. The van der Waals surface area contributed by atoms with E-state index < -0.39 is 0 Å². The van der Waals surface area contributed by atoms with Gasteiger partial charge in [0.15, 0.2) is 0 Å². The minimum atomic E-state index is 0.327. The first-order valence-corrected chi connectivity index (χ1v) is 9.69. The Morgan fingerprint density at radius 3 is 2.81 bits per heavy atom. The molecule has 0 saturated heterocycles. The third-order valence-electron chi connectivity index (χ3n) is 3.30. The fourth-order valence-corrected chi connectivity index (χ4v) is 4.09. The molecule has 0 fully saturated rings. The summed E-state index contributed by atoms with van der Waals surface area (Å²) in [6.07, 6.45) is 2.06. The third-order valence-corrected chi connectivity index (χ3v) is 5.60. The Labute approximate surface area is 152 Å². The molecule has 0 aliphatic carbocycles.